The highest BCUT2D eigenvalue weighted by molar-refractivity contribution is 7.92. The van der Waals surface area contributed by atoms with Crippen molar-refractivity contribution in [2.45, 2.75) is 0 Å². The topological polar surface area (TPSA) is 84.9 Å². The Labute approximate surface area is 174 Å². The molecule has 152 valence electrons. The van der Waals surface area contributed by atoms with Crippen molar-refractivity contribution >= 4 is 44.8 Å². The number of anilines is 1. The van der Waals surface area contributed by atoms with E-state index >= 15 is 0 Å². The summed E-state index contributed by atoms with van der Waals surface area (Å²) >= 11 is 12.0. The first kappa shape index (κ1) is 22.1. The first-order valence-electron chi connectivity index (χ1n) is 8.17. The van der Waals surface area contributed by atoms with Gasteiger partial charge in [-0.15, -0.1) is 0 Å². The Bertz CT molecular complexity index is 937. The molecule has 0 atom stereocenters. The maximum absolute atomic E-state index is 12.2. The number of nitrogens with one attached hydrogen (secondary N) is 1. The van der Waals surface area contributed by atoms with E-state index in [1.165, 1.54) is 25.3 Å². The lowest BCUT2D eigenvalue weighted by molar-refractivity contribution is -0.119. The quantitative estimate of drug-likeness (QED) is 0.598. The van der Waals surface area contributed by atoms with Gasteiger partial charge in [0.1, 0.15) is 13.2 Å². The largest absolute Gasteiger partial charge is 0.493 e. The molecule has 0 heterocycles. The van der Waals surface area contributed by atoms with Gasteiger partial charge in [0.05, 0.1) is 30.6 Å². The smallest absolute Gasteiger partial charge is 0.240 e. The van der Waals surface area contributed by atoms with Gasteiger partial charge in [0.2, 0.25) is 15.9 Å². The number of benzene rings is 2. The van der Waals surface area contributed by atoms with Crippen LogP contribution < -0.4 is 19.1 Å². The number of hydrogen-bond donors (Lipinski definition) is 1. The summed E-state index contributed by atoms with van der Waals surface area (Å²) < 4.78 is 35.9. The highest BCUT2D eigenvalue weighted by atomic mass is 35.5. The number of amides is 1. The maximum atomic E-state index is 12.2. The molecule has 2 rings (SSSR count). The molecule has 0 fully saturated rings. The third-order valence-corrected chi connectivity index (χ3v) is 5.30. The minimum Gasteiger partial charge on any atom is -0.493 e. The van der Waals surface area contributed by atoms with Crippen LogP contribution in [0.15, 0.2) is 42.5 Å². The molecule has 0 aromatic heterocycles. The minimum atomic E-state index is -3.75. The number of methoxy groups -OCH3 is 1. The monoisotopic (exact) mass is 446 g/mol. The van der Waals surface area contributed by atoms with Gasteiger partial charge < -0.3 is 14.8 Å². The summed E-state index contributed by atoms with van der Waals surface area (Å²) in [4.78, 5) is 12.2. The molecule has 0 spiro atoms. The Morgan fingerprint density at radius 2 is 1.82 bits per heavy atom. The van der Waals surface area contributed by atoms with Crippen molar-refractivity contribution in [1.29, 1.82) is 0 Å². The Morgan fingerprint density at radius 1 is 1.14 bits per heavy atom. The SMILES string of the molecule is COc1ccccc1OCCNC(=O)CN(c1cc(Cl)ccc1Cl)S(C)(=O)=O. The number of nitrogens with zero attached hydrogens (tertiary/aromatic N) is 1. The third-order valence-electron chi connectivity index (χ3n) is 3.62. The van der Waals surface area contributed by atoms with Crippen molar-refractivity contribution in [3.8, 4) is 11.5 Å². The van der Waals surface area contributed by atoms with Crippen molar-refractivity contribution < 1.29 is 22.7 Å². The molecular weight excluding hydrogens is 427 g/mol. The standard InChI is InChI=1S/C18H20Cl2N2O5S/c1-26-16-5-3-4-6-17(16)27-10-9-21-18(23)12-22(28(2,24)25)15-11-13(19)7-8-14(15)20/h3-8,11H,9-10,12H2,1-2H3,(H,21,23). The molecule has 0 aliphatic heterocycles. The van der Waals surface area contributed by atoms with Gasteiger partial charge in [-0.3, -0.25) is 9.10 Å². The highest BCUT2D eigenvalue weighted by Crippen LogP contribution is 2.30. The Hall–Kier alpha value is -2.16. The van der Waals surface area contributed by atoms with E-state index in [2.05, 4.69) is 5.32 Å². The number of halogens is 2. The Balaban J connectivity index is 1.96. The average molecular weight is 447 g/mol. The molecule has 0 saturated heterocycles. The third kappa shape index (κ3) is 6.19. The molecule has 0 saturated carbocycles. The fraction of sp³-hybridized carbons (Fsp3) is 0.278. The molecule has 1 N–H and O–H groups in total. The summed E-state index contributed by atoms with van der Waals surface area (Å²) in [6.07, 6.45) is 0.988. The van der Waals surface area contributed by atoms with Crippen LogP contribution >= 0.6 is 23.2 Å². The first-order chi connectivity index (χ1) is 13.2. The number of carbonyl (C=O) groups excluding carboxylic acids is 1. The van der Waals surface area contributed by atoms with Gasteiger partial charge in [-0.05, 0) is 30.3 Å². The van der Waals surface area contributed by atoms with Crippen LogP contribution in [0.4, 0.5) is 5.69 Å². The van der Waals surface area contributed by atoms with Crippen LogP contribution in [0.2, 0.25) is 10.0 Å². The fourth-order valence-electron chi connectivity index (χ4n) is 2.33. The molecule has 0 aliphatic rings. The summed E-state index contributed by atoms with van der Waals surface area (Å²) in [5.74, 6) is 0.612. The molecule has 0 unspecified atom stereocenters. The molecule has 2 aromatic carbocycles. The van der Waals surface area contributed by atoms with Gasteiger partial charge in [0.25, 0.3) is 0 Å². The van der Waals surface area contributed by atoms with E-state index in [0.717, 1.165) is 10.6 Å². The van der Waals surface area contributed by atoms with Gasteiger partial charge in [0.15, 0.2) is 11.5 Å². The first-order valence-corrected chi connectivity index (χ1v) is 10.8. The predicted octanol–water partition coefficient (Wildman–Crippen LogP) is 2.96. The van der Waals surface area contributed by atoms with Crippen LogP contribution in [-0.4, -0.2) is 47.4 Å². The number of para-hydroxylation sites is 2. The predicted molar refractivity (Wildman–Crippen MR) is 110 cm³/mol. The van der Waals surface area contributed by atoms with E-state index in [1.54, 1.807) is 18.2 Å². The van der Waals surface area contributed by atoms with Crippen molar-refractivity contribution in [3.63, 3.8) is 0 Å². The zero-order valence-electron chi connectivity index (χ0n) is 15.3. The molecule has 10 heteroatoms. The van der Waals surface area contributed by atoms with Gasteiger partial charge in [-0.1, -0.05) is 35.3 Å². The van der Waals surface area contributed by atoms with E-state index in [4.69, 9.17) is 32.7 Å². The summed E-state index contributed by atoms with van der Waals surface area (Å²) in [6, 6.07) is 11.5. The minimum absolute atomic E-state index is 0.136. The lowest BCUT2D eigenvalue weighted by Gasteiger charge is -2.23. The van der Waals surface area contributed by atoms with E-state index in [9.17, 15) is 13.2 Å². The lowest BCUT2D eigenvalue weighted by Crippen LogP contribution is -2.41. The Morgan fingerprint density at radius 3 is 2.46 bits per heavy atom. The number of sulfonamides is 1. The molecule has 7 nitrogen and oxygen atoms in total. The van der Waals surface area contributed by atoms with Crippen molar-refractivity contribution in [1.82, 2.24) is 5.32 Å². The van der Waals surface area contributed by atoms with Gasteiger partial charge in [0, 0.05) is 5.02 Å². The zero-order valence-corrected chi connectivity index (χ0v) is 17.6. The summed E-state index contributed by atoms with van der Waals surface area (Å²) in [5.41, 5.74) is 0.136. The van der Waals surface area contributed by atoms with E-state index in [-0.39, 0.29) is 23.9 Å². The Kier molecular flexibility index (Phi) is 7.79. The van der Waals surface area contributed by atoms with Crippen LogP contribution in [0.5, 0.6) is 11.5 Å². The van der Waals surface area contributed by atoms with E-state index in [0.29, 0.717) is 16.5 Å². The van der Waals surface area contributed by atoms with Crippen LogP contribution in [0.25, 0.3) is 0 Å². The van der Waals surface area contributed by atoms with Gasteiger partial charge in [-0.25, -0.2) is 8.42 Å². The number of carbonyl (C=O) groups is 1. The molecule has 0 radical (unpaired) electrons. The van der Waals surface area contributed by atoms with Gasteiger partial charge >= 0.3 is 0 Å². The molecule has 1 amide bonds. The zero-order chi connectivity index (χ0) is 20.7. The van der Waals surface area contributed by atoms with Crippen LogP contribution in [0, 0.1) is 0 Å². The summed E-state index contributed by atoms with van der Waals surface area (Å²) in [7, 11) is -2.22. The maximum Gasteiger partial charge on any atom is 0.240 e. The van der Waals surface area contributed by atoms with Crippen LogP contribution in [0.1, 0.15) is 0 Å². The average Bonchev–Trinajstić information content (AvgIpc) is 2.65. The van der Waals surface area contributed by atoms with E-state index < -0.39 is 22.5 Å². The van der Waals surface area contributed by atoms with Crippen molar-refractivity contribution in [2.75, 3.05) is 37.4 Å². The van der Waals surface area contributed by atoms with Crippen LogP contribution in [-0.2, 0) is 14.8 Å². The highest BCUT2D eigenvalue weighted by Gasteiger charge is 2.23. The van der Waals surface area contributed by atoms with Crippen LogP contribution in [0.3, 0.4) is 0 Å². The molecule has 0 bridgehead atoms. The fourth-order valence-corrected chi connectivity index (χ4v) is 3.63. The van der Waals surface area contributed by atoms with Crippen molar-refractivity contribution in [3.05, 3.63) is 52.5 Å². The molecular formula is C18H20Cl2N2O5S. The summed E-state index contributed by atoms with van der Waals surface area (Å²) in [5, 5.41) is 3.08. The van der Waals surface area contributed by atoms with Gasteiger partial charge in [-0.2, -0.15) is 0 Å². The molecule has 28 heavy (non-hydrogen) atoms. The lowest BCUT2D eigenvalue weighted by atomic mass is 10.3. The normalized spacial score (nSPS) is 11.0. The second kappa shape index (κ2) is 9.86. The number of rotatable bonds is 9. The van der Waals surface area contributed by atoms with E-state index in [1.807, 2.05) is 6.07 Å². The second-order valence-corrected chi connectivity index (χ2v) is 8.47. The second-order valence-electron chi connectivity index (χ2n) is 5.71. The van der Waals surface area contributed by atoms with Crippen molar-refractivity contribution in [2.24, 2.45) is 0 Å². The number of hydrogen-bond acceptors (Lipinski definition) is 5. The number of ether oxygens (including phenoxy) is 2. The molecule has 2 aromatic rings. The summed E-state index contributed by atoms with van der Waals surface area (Å²) in [6.45, 7) is -0.0752. The molecule has 0 aliphatic carbocycles.